The second-order valence-corrected chi connectivity index (χ2v) is 5.31. The van der Waals surface area contributed by atoms with Crippen LogP contribution in [0, 0.1) is 0 Å². The molecule has 1 fully saturated rings. The largest absolute Gasteiger partial charge is 0.378 e. The fourth-order valence-electron chi connectivity index (χ4n) is 2.50. The van der Waals surface area contributed by atoms with Gasteiger partial charge < -0.3 is 15.8 Å². The van der Waals surface area contributed by atoms with Crippen LogP contribution in [0.5, 0.6) is 0 Å². The lowest BCUT2D eigenvalue weighted by Crippen LogP contribution is -2.15. The van der Waals surface area contributed by atoms with Crippen molar-refractivity contribution >= 4 is 11.6 Å². The quantitative estimate of drug-likeness (QED) is 0.804. The van der Waals surface area contributed by atoms with E-state index in [4.69, 9.17) is 10.5 Å². The zero-order chi connectivity index (χ0) is 14.2. The summed E-state index contributed by atoms with van der Waals surface area (Å²) in [6.45, 7) is 1.54. The third kappa shape index (κ3) is 4.94. The number of carbonyl (C=O) groups excluding carboxylic acids is 1. The molecule has 1 saturated heterocycles. The van der Waals surface area contributed by atoms with E-state index < -0.39 is 0 Å². The molecule has 0 spiro atoms. The van der Waals surface area contributed by atoms with Gasteiger partial charge in [0.1, 0.15) is 0 Å². The van der Waals surface area contributed by atoms with Crippen molar-refractivity contribution in [2.24, 2.45) is 5.73 Å². The van der Waals surface area contributed by atoms with E-state index in [9.17, 15) is 4.79 Å². The predicted molar refractivity (Wildman–Crippen MR) is 80.7 cm³/mol. The summed E-state index contributed by atoms with van der Waals surface area (Å²) in [6, 6.07) is 7.99. The molecule has 110 valence electrons. The van der Waals surface area contributed by atoms with Gasteiger partial charge in [-0.2, -0.15) is 0 Å². The van der Waals surface area contributed by atoms with Gasteiger partial charge in [-0.3, -0.25) is 4.79 Å². The standard InChI is InChI=1S/C16H24N2O2/c17-10-2-5-13-4-1-6-14(12-13)18-16(19)9-8-15-7-3-11-20-15/h1,4,6,12,15H,2-3,5,7-11,17H2,(H,18,19). The summed E-state index contributed by atoms with van der Waals surface area (Å²) in [5.74, 6) is 0.0662. The van der Waals surface area contributed by atoms with Crippen LogP contribution < -0.4 is 11.1 Å². The first kappa shape index (κ1) is 15.0. The minimum absolute atomic E-state index is 0.0662. The molecule has 0 radical (unpaired) electrons. The number of nitrogens with two attached hydrogens (primary N) is 1. The highest BCUT2D eigenvalue weighted by atomic mass is 16.5. The van der Waals surface area contributed by atoms with Crippen molar-refractivity contribution in [3.05, 3.63) is 29.8 Å². The number of carbonyl (C=O) groups is 1. The molecule has 1 atom stereocenters. The molecular weight excluding hydrogens is 252 g/mol. The van der Waals surface area contributed by atoms with Crippen LogP contribution >= 0.6 is 0 Å². The molecule has 0 bridgehead atoms. The summed E-state index contributed by atoms with van der Waals surface area (Å²) in [4.78, 5) is 11.9. The van der Waals surface area contributed by atoms with Crippen molar-refractivity contribution in [2.45, 2.75) is 44.6 Å². The summed E-state index contributed by atoms with van der Waals surface area (Å²) in [5, 5.41) is 2.96. The Hall–Kier alpha value is -1.39. The maximum absolute atomic E-state index is 11.9. The van der Waals surface area contributed by atoms with Gasteiger partial charge >= 0.3 is 0 Å². The predicted octanol–water partition coefficient (Wildman–Crippen LogP) is 2.48. The second-order valence-electron chi connectivity index (χ2n) is 5.31. The highest BCUT2D eigenvalue weighted by molar-refractivity contribution is 5.90. The molecule has 1 heterocycles. The number of benzene rings is 1. The molecule has 1 aliphatic heterocycles. The van der Waals surface area contributed by atoms with Gasteiger partial charge in [-0.25, -0.2) is 0 Å². The molecule has 20 heavy (non-hydrogen) atoms. The number of hydrogen-bond acceptors (Lipinski definition) is 3. The van der Waals surface area contributed by atoms with E-state index in [1.54, 1.807) is 0 Å². The number of aryl methyl sites for hydroxylation is 1. The van der Waals surface area contributed by atoms with Crippen LogP contribution in [0.3, 0.4) is 0 Å². The van der Waals surface area contributed by atoms with Gasteiger partial charge in [0.2, 0.25) is 5.91 Å². The monoisotopic (exact) mass is 276 g/mol. The van der Waals surface area contributed by atoms with Crippen LogP contribution in [-0.4, -0.2) is 25.2 Å². The zero-order valence-corrected chi connectivity index (χ0v) is 11.9. The van der Waals surface area contributed by atoms with Gasteiger partial charge in [0.05, 0.1) is 6.10 Å². The first-order valence-electron chi connectivity index (χ1n) is 7.48. The highest BCUT2D eigenvalue weighted by Crippen LogP contribution is 2.18. The van der Waals surface area contributed by atoms with Gasteiger partial charge in [0.25, 0.3) is 0 Å². The third-order valence-corrected chi connectivity index (χ3v) is 3.60. The average molecular weight is 276 g/mol. The number of hydrogen-bond donors (Lipinski definition) is 2. The number of rotatable bonds is 7. The highest BCUT2D eigenvalue weighted by Gasteiger charge is 2.16. The molecule has 1 amide bonds. The second kappa shape index (κ2) is 8.02. The fourth-order valence-corrected chi connectivity index (χ4v) is 2.50. The number of amides is 1. The molecule has 1 aromatic rings. The van der Waals surface area contributed by atoms with Crippen LogP contribution in [0.4, 0.5) is 5.69 Å². The van der Waals surface area contributed by atoms with Gasteiger partial charge in [0, 0.05) is 18.7 Å². The summed E-state index contributed by atoms with van der Waals surface area (Å²) in [7, 11) is 0. The molecule has 3 N–H and O–H groups in total. The van der Waals surface area contributed by atoms with Crippen LogP contribution in [-0.2, 0) is 16.0 Å². The van der Waals surface area contributed by atoms with E-state index in [0.29, 0.717) is 13.0 Å². The normalized spacial score (nSPS) is 18.1. The van der Waals surface area contributed by atoms with E-state index in [1.165, 1.54) is 5.56 Å². The summed E-state index contributed by atoms with van der Waals surface area (Å²) in [5.41, 5.74) is 7.60. The Morgan fingerprint density at radius 1 is 1.45 bits per heavy atom. The lowest BCUT2D eigenvalue weighted by Gasteiger charge is -2.10. The van der Waals surface area contributed by atoms with Crippen LogP contribution in [0.2, 0.25) is 0 Å². The Morgan fingerprint density at radius 2 is 2.35 bits per heavy atom. The van der Waals surface area contributed by atoms with Crippen molar-refractivity contribution in [1.29, 1.82) is 0 Å². The Morgan fingerprint density at radius 3 is 3.10 bits per heavy atom. The first-order chi connectivity index (χ1) is 9.78. The third-order valence-electron chi connectivity index (χ3n) is 3.60. The summed E-state index contributed by atoms with van der Waals surface area (Å²) < 4.78 is 5.53. The average Bonchev–Trinajstić information content (AvgIpc) is 2.97. The van der Waals surface area contributed by atoms with Crippen LogP contribution in [0.1, 0.15) is 37.7 Å². The number of ether oxygens (including phenoxy) is 1. The number of nitrogens with one attached hydrogen (secondary N) is 1. The smallest absolute Gasteiger partial charge is 0.224 e. The van der Waals surface area contributed by atoms with Crippen molar-refractivity contribution < 1.29 is 9.53 Å². The zero-order valence-electron chi connectivity index (χ0n) is 11.9. The van der Waals surface area contributed by atoms with Gasteiger partial charge in [-0.05, 0) is 56.3 Å². The minimum Gasteiger partial charge on any atom is -0.378 e. The van der Waals surface area contributed by atoms with Crippen LogP contribution in [0.15, 0.2) is 24.3 Å². The van der Waals surface area contributed by atoms with Crippen molar-refractivity contribution in [2.75, 3.05) is 18.5 Å². The molecule has 1 aliphatic rings. The molecule has 1 aromatic carbocycles. The lowest BCUT2D eigenvalue weighted by atomic mass is 10.1. The topological polar surface area (TPSA) is 64.3 Å². The van der Waals surface area contributed by atoms with Crippen molar-refractivity contribution in [3.63, 3.8) is 0 Å². The molecule has 2 rings (SSSR count). The molecule has 4 heteroatoms. The molecule has 4 nitrogen and oxygen atoms in total. The fraction of sp³-hybridized carbons (Fsp3) is 0.562. The molecule has 1 unspecified atom stereocenters. The van der Waals surface area contributed by atoms with Crippen molar-refractivity contribution in [3.8, 4) is 0 Å². The van der Waals surface area contributed by atoms with E-state index in [1.807, 2.05) is 18.2 Å². The Balaban J connectivity index is 1.77. The SMILES string of the molecule is NCCCc1cccc(NC(=O)CCC2CCCO2)c1. The van der Waals surface area contributed by atoms with E-state index >= 15 is 0 Å². The van der Waals surface area contributed by atoms with Gasteiger partial charge in [-0.1, -0.05) is 12.1 Å². The van der Waals surface area contributed by atoms with Crippen LogP contribution in [0.25, 0.3) is 0 Å². The minimum atomic E-state index is 0.0662. The number of anilines is 1. The Kier molecular flexibility index (Phi) is 6.02. The lowest BCUT2D eigenvalue weighted by molar-refractivity contribution is -0.116. The van der Waals surface area contributed by atoms with Gasteiger partial charge in [-0.15, -0.1) is 0 Å². The maximum atomic E-state index is 11.9. The first-order valence-corrected chi connectivity index (χ1v) is 7.48. The van der Waals surface area contributed by atoms with Crippen molar-refractivity contribution in [1.82, 2.24) is 0 Å². The van der Waals surface area contributed by atoms with E-state index in [2.05, 4.69) is 11.4 Å². The maximum Gasteiger partial charge on any atom is 0.224 e. The molecule has 0 aromatic heterocycles. The molecular formula is C16H24N2O2. The van der Waals surface area contributed by atoms with Gasteiger partial charge in [0.15, 0.2) is 0 Å². The Labute approximate surface area is 120 Å². The van der Waals surface area contributed by atoms with E-state index in [0.717, 1.165) is 44.4 Å². The van der Waals surface area contributed by atoms with E-state index in [-0.39, 0.29) is 12.0 Å². The summed E-state index contributed by atoms with van der Waals surface area (Å²) >= 11 is 0. The molecule has 0 saturated carbocycles. The molecule has 0 aliphatic carbocycles. The summed E-state index contributed by atoms with van der Waals surface area (Å²) in [6.07, 6.45) is 5.75. The Bertz CT molecular complexity index is 428.